The number of aryl methyl sites for hydroxylation is 1. The van der Waals surface area contributed by atoms with Crippen LogP contribution >= 0.6 is 0 Å². The zero-order valence-electron chi connectivity index (χ0n) is 12.2. The molecule has 0 aromatic carbocycles. The van der Waals surface area contributed by atoms with Gasteiger partial charge in [0.25, 0.3) is 0 Å². The molecule has 2 aliphatic rings. The number of aromatic nitrogens is 1. The summed E-state index contributed by atoms with van der Waals surface area (Å²) in [7, 11) is -3.24. The molecule has 2 atom stereocenters. The van der Waals surface area contributed by atoms with Gasteiger partial charge in [0.05, 0.1) is 30.6 Å². The van der Waals surface area contributed by atoms with E-state index < -0.39 is 10.0 Å². The number of rotatable bonds is 3. The Morgan fingerprint density at radius 3 is 2.76 bits per heavy atom. The van der Waals surface area contributed by atoms with Gasteiger partial charge in [0.1, 0.15) is 0 Å². The lowest BCUT2D eigenvalue weighted by atomic mass is 10.1. The molecule has 0 unspecified atom stereocenters. The monoisotopic (exact) mass is 309 g/mol. The predicted octanol–water partition coefficient (Wildman–Crippen LogP) is 0.525. The van der Waals surface area contributed by atoms with Crippen molar-refractivity contribution in [3.63, 3.8) is 0 Å². The molecule has 1 aromatic rings. The molecular weight excluding hydrogens is 290 g/mol. The fraction of sp³-hybridized carbons (Fsp3) is 0.571. The zero-order valence-corrected chi connectivity index (χ0v) is 13.0. The van der Waals surface area contributed by atoms with E-state index >= 15 is 0 Å². The molecule has 0 radical (unpaired) electrons. The molecule has 6 nitrogen and oxygen atoms in total. The van der Waals surface area contributed by atoms with Crippen molar-refractivity contribution in [2.75, 3.05) is 12.8 Å². The first-order valence-corrected chi connectivity index (χ1v) is 8.90. The molecule has 114 valence electrons. The lowest BCUT2D eigenvalue weighted by molar-refractivity contribution is -0.129. The van der Waals surface area contributed by atoms with Gasteiger partial charge < -0.3 is 4.90 Å². The summed E-state index contributed by atoms with van der Waals surface area (Å²) in [5.41, 5.74) is 1.77. The Hall–Kier alpha value is -1.47. The van der Waals surface area contributed by atoms with Gasteiger partial charge in [0.2, 0.25) is 15.9 Å². The van der Waals surface area contributed by atoms with Gasteiger partial charge in [-0.15, -0.1) is 0 Å². The van der Waals surface area contributed by atoms with Crippen LogP contribution in [0.1, 0.15) is 24.2 Å². The maximum absolute atomic E-state index is 12.2. The minimum atomic E-state index is -3.24. The zero-order chi connectivity index (χ0) is 15.2. The Kier molecular flexibility index (Phi) is 3.49. The molecule has 1 aromatic heterocycles. The Morgan fingerprint density at radius 1 is 1.33 bits per heavy atom. The maximum atomic E-state index is 12.2. The van der Waals surface area contributed by atoms with E-state index in [-0.39, 0.29) is 24.4 Å². The fourth-order valence-corrected chi connectivity index (χ4v) is 4.52. The maximum Gasteiger partial charge on any atom is 0.224 e. The van der Waals surface area contributed by atoms with Crippen LogP contribution in [0.3, 0.4) is 0 Å². The number of carbonyl (C=O) groups excluding carboxylic acids is 1. The van der Waals surface area contributed by atoms with Crippen LogP contribution in [-0.4, -0.2) is 53.4 Å². The molecule has 0 aliphatic carbocycles. The summed E-state index contributed by atoms with van der Waals surface area (Å²) in [5.74, 6) is 0.0154. The van der Waals surface area contributed by atoms with Crippen LogP contribution in [0.5, 0.6) is 0 Å². The van der Waals surface area contributed by atoms with Crippen molar-refractivity contribution in [2.24, 2.45) is 0 Å². The topological polar surface area (TPSA) is 70.6 Å². The van der Waals surface area contributed by atoms with Gasteiger partial charge in [0, 0.05) is 18.7 Å². The first kappa shape index (κ1) is 14.5. The second-order valence-corrected chi connectivity index (χ2v) is 7.73. The largest absolute Gasteiger partial charge is 0.332 e. The van der Waals surface area contributed by atoms with Crippen LogP contribution in [0, 0.1) is 6.92 Å². The quantitative estimate of drug-likeness (QED) is 0.816. The Morgan fingerprint density at radius 2 is 2.10 bits per heavy atom. The molecule has 21 heavy (non-hydrogen) atoms. The van der Waals surface area contributed by atoms with Gasteiger partial charge in [-0.2, -0.15) is 4.31 Å². The first-order chi connectivity index (χ1) is 9.86. The van der Waals surface area contributed by atoms with Crippen LogP contribution in [0.2, 0.25) is 0 Å². The van der Waals surface area contributed by atoms with E-state index in [1.807, 2.05) is 25.1 Å². The van der Waals surface area contributed by atoms with Crippen molar-refractivity contribution in [1.29, 1.82) is 0 Å². The third kappa shape index (κ3) is 2.67. The highest BCUT2D eigenvalue weighted by atomic mass is 32.2. The van der Waals surface area contributed by atoms with E-state index in [1.54, 1.807) is 4.90 Å². The smallest absolute Gasteiger partial charge is 0.224 e. The van der Waals surface area contributed by atoms with Gasteiger partial charge >= 0.3 is 0 Å². The average Bonchev–Trinajstić information content (AvgIpc) is 2.90. The molecule has 0 N–H and O–H groups in total. The molecule has 0 spiro atoms. The van der Waals surface area contributed by atoms with Crippen molar-refractivity contribution in [1.82, 2.24) is 14.2 Å². The highest BCUT2D eigenvalue weighted by Gasteiger charge is 2.49. The minimum Gasteiger partial charge on any atom is -0.332 e. The number of likely N-dealkylation sites (tertiary alicyclic amines) is 1. The van der Waals surface area contributed by atoms with Crippen LogP contribution in [0.15, 0.2) is 18.2 Å². The Labute approximate surface area is 124 Å². The first-order valence-electron chi connectivity index (χ1n) is 7.05. The molecule has 0 bridgehead atoms. The summed E-state index contributed by atoms with van der Waals surface area (Å²) in [6, 6.07) is 5.51. The number of sulfonamides is 1. The molecule has 2 aliphatic heterocycles. The van der Waals surface area contributed by atoms with E-state index in [9.17, 15) is 13.2 Å². The van der Waals surface area contributed by atoms with Crippen LogP contribution in [0.4, 0.5) is 0 Å². The van der Waals surface area contributed by atoms with Crippen molar-refractivity contribution >= 4 is 15.9 Å². The minimum absolute atomic E-state index is 0.0154. The number of pyridine rings is 1. The molecular formula is C14H19N3O3S. The second kappa shape index (κ2) is 5.06. The van der Waals surface area contributed by atoms with Gasteiger partial charge in [-0.3, -0.25) is 9.78 Å². The summed E-state index contributed by atoms with van der Waals surface area (Å²) >= 11 is 0. The highest BCUT2D eigenvalue weighted by Crippen LogP contribution is 2.34. The molecule has 3 rings (SSSR count). The van der Waals surface area contributed by atoms with Crippen LogP contribution < -0.4 is 0 Å². The number of hydrogen-bond donors (Lipinski definition) is 0. The van der Waals surface area contributed by atoms with Gasteiger partial charge in [-0.25, -0.2) is 8.42 Å². The van der Waals surface area contributed by atoms with Gasteiger partial charge in [-0.1, -0.05) is 6.07 Å². The average molecular weight is 309 g/mol. The SMILES string of the molecule is Cc1cccc(CN2C(=O)C[C@@H]3[C@@H]2CCN3S(C)(=O)=O)n1. The highest BCUT2D eigenvalue weighted by molar-refractivity contribution is 7.88. The van der Waals surface area contributed by atoms with E-state index in [1.165, 1.54) is 10.6 Å². The molecule has 1 amide bonds. The Bertz CT molecular complexity index is 674. The normalized spacial score (nSPS) is 26.4. The summed E-state index contributed by atoms with van der Waals surface area (Å²) in [4.78, 5) is 18.4. The van der Waals surface area contributed by atoms with Gasteiger partial charge in [0.15, 0.2) is 0 Å². The third-order valence-electron chi connectivity index (χ3n) is 4.27. The van der Waals surface area contributed by atoms with E-state index in [0.717, 1.165) is 11.4 Å². The van der Waals surface area contributed by atoms with Crippen molar-refractivity contribution in [2.45, 2.75) is 38.4 Å². The van der Waals surface area contributed by atoms with E-state index in [2.05, 4.69) is 4.98 Å². The Balaban J connectivity index is 1.81. The second-order valence-electron chi connectivity index (χ2n) is 5.79. The van der Waals surface area contributed by atoms with Crippen molar-refractivity contribution in [3.05, 3.63) is 29.6 Å². The molecule has 2 saturated heterocycles. The van der Waals surface area contributed by atoms with E-state index in [4.69, 9.17) is 0 Å². The van der Waals surface area contributed by atoms with Crippen LogP contribution in [-0.2, 0) is 21.4 Å². The summed E-state index contributed by atoms with van der Waals surface area (Å²) in [6.07, 6.45) is 2.20. The number of carbonyl (C=O) groups is 1. The van der Waals surface area contributed by atoms with Crippen molar-refractivity contribution < 1.29 is 13.2 Å². The van der Waals surface area contributed by atoms with Gasteiger partial charge in [-0.05, 0) is 25.5 Å². The third-order valence-corrected chi connectivity index (χ3v) is 5.57. The number of amides is 1. The summed E-state index contributed by atoms with van der Waals surface area (Å²) in [6.45, 7) is 2.87. The number of nitrogens with zero attached hydrogens (tertiary/aromatic N) is 3. The predicted molar refractivity (Wildman–Crippen MR) is 77.9 cm³/mol. The number of hydrogen-bond acceptors (Lipinski definition) is 4. The lowest BCUT2D eigenvalue weighted by Gasteiger charge is -2.24. The summed E-state index contributed by atoms with van der Waals surface area (Å²) in [5, 5.41) is 0. The fourth-order valence-electron chi connectivity index (χ4n) is 3.37. The van der Waals surface area contributed by atoms with E-state index in [0.29, 0.717) is 19.5 Å². The summed E-state index contributed by atoms with van der Waals surface area (Å²) < 4.78 is 25.0. The molecule has 3 heterocycles. The number of fused-ring (bicyclic) bond motifs is 1. The molecule has 2 fully saturated rings. The molecule has 0 saturated carbocycles. The lowest BCUT2D eigenvalue weighted by Crippen LogP contribution is -2.39. The van der Waals surface area contributed by atoms with Crippen LogP contribution in [0.25, 0.3) is 0 Å². The van der Waals surface area contributed by atoms with Crippen molar-refractivity contribution in [3.8, 4) is 0 Å². The molecule has 7 heteroatoms. The standard InChI is InChI=1S/C14H19N3O3S/c1-10-4-3-5-11(15-10)9-16-12-6-7-17(21(2,19)20)13(12)8-14(16)18/h3-5,12-13H,6-9H2,1-2H3/t12-,13+/m0/s1.